The van der Waals surface area contributed by atoms with Crippen LogP contribution in [0.1, 0.15) is 195 Å². The number of rotatable bonds is 36. The second-order valence-corrected chi connectivity index (χ2v) is 20.9. The number of benzene rings is 7. The Morgan fingerprint density at radius 3 is 0.905 bits per heavy atom. The zero-order valence-electron chi connectivity index (χ0n) is 48.9. The largest absolute Gasteiger partial charge is 0.494 e. The fourth-order valence-corrected chi connectivity index (χ4v) is 9.11. The lowest BCUT2D eigenvalue weighted by Crippen LogP contribution is -2.10. The van der Waals surface area contributed by atoms with Crippen LogP contribution in [-0.4, -0.2) is 49.5 Å². The quantitative estimate of drug-likeness (QED) is 0.0161. The molecule has 0 unspecified atom stereocenters. The van der Waals surface area contributed by atoms with Gasteiger partial charge in [-0.3, -0.25) is 9.98 Å². The van der Waals surface area contributed by atoms with Crippen molar-refractivity contribution < 1.29 is 47.6 Å². The van der Waals surface area contributed by atoms with E-state index in [-0.39, 0.29) is 11.5 Å². The highest BCUT2D eigenvalue weighted by atomic mass is 16.6. The number of unbranched alkanes of at least 4 members (excludes halogenated alkanes) is 18. The molecule has 0 saturated carbocycles. The van der Waals surface area contributed by atoms with Crippen molar-refractivity contribution in [2.75, 3.05) is 13.2 Å². The van der Waals surface area contributed by atoms with Crippen LogP contribution in [0, 0.1) is 0 Å². The Bertz CT molecular complexity index is 2930. The molecule has 0 aliphatic rings. The fourth-order valence-electron chi connectivity index (χ4n) is 9.11. The van der Waals surface area contributed by atoms with Crippen LogP contribution in [0.4, 0.5) is 11.4 Å². The highest BCUT2D eigenvalue weighted by Gasteiger charge is 2.14. The number of aliphatic imine (C=N–C) groups is 2. The first-order valence-electron chi connectivity index (χ1n) is 30.1. The highest BCUT2D eigenvalue weighted by molar-refractivity contribution is 5.94. The molecule has 0 amide bonds. The summed E-state index contributed by atoms with van der Waals surface area (Å²) in [6.45, 7) is 5.81. The van der Waals surface area contributed by atoms with Crippen molar-refractivity contribution in [2.24, 2.45) is 9.98 Å². The number of nitrogens with zero attached hydrogens (tertiary/aromatic N) is 2. The molecule has 0 bridgehead atoms. The van der Waals surface area contributed by atoms with Crippen molar-refractivity contribution >= 4 is 47.7 Å². The third kappa shape index (κ3) is 23.0. The normalized spacial score (nSPS) is 11.2. The third-order valence-electron chi connectivity index (χ3n) is 14.1. The van der Waals surface area contributed by atoms with E-state index in [1.54, 1.807) is 176 Å². The summed E-state index contributed by atoms with van der Waals surface area (Å²) in [7, 11) is 0. The highest BCUT2D eigenvalue weighted by Crippen LogP contribution is 2.25. The van der Waals surface area contributed by atoms with E-state index >= 15 is 0 Å². The molecular formula is C72H80N2O10. The summed E-state index contributed by atoms with van der Waals surface area (Å²) in [6, 6.07) is 47.5. The number of ether oxygens (including phenoxy) is 6. The summed E-state index contributed by atoms with van der Waals surface area (Å²) >= 11 is 0. The SMILES string of the molecule is CCCCCCCCCCCCOc1ccc(C(=O)Oc2ccc(C=Nc3ccc(C(=O)Oc4cccc(OC(=O)c5ccc(N=Cc6ccc(OC(=O)c7ccc(OCCCCCCCCCCCC)cc7)cc6)cc5)c4)cc3)cc2)cc1. The van der Waals surface area contributed by atoms with Crippen LogP contribution >= 0.6 is 0 Å². The number of carbonyl (C=O) groups excluding carboxylic acids is 4. The summed E-state index contributed by atoms with van der Waals surface area (Å²) in [5.41, 5.74) is 4.24. The summed E-state index contributed by atoms with van der Waals surface area (Å²) in [5, 5.41) is 0. The zero-order valence-corrected chi connectivity index (χ0v) is 48.9. The first-order chi connectivity index (χ1) is 41.2. The molecular weight excluding hydrogens is 1050 g/mol. The summed E-state index contributed by atoms with van der Waals surface area (Å²) in [5.74, 6) is 0.535. The molecule has 0 aliphatic heterocycles. The minimum atomic E-state index is -0.601. The van der Waals surface area contributed by atoms with Crippen LogP contribution in [-0.2, 0) is 0 Å². The molecule has 12 heteroatoms. The monoisotopic (exact) mass is 1130 g/mol. The molecule has 0 aromatic heterocycles. The third-order valence-corrected chi connectivity index (χ3v) is 14.1. The van der Waals surface area contributed by atoms with E-state index in [2.05, 4.69) is 23.8 Å². The average Bonchev–Trinajstić information content (AvgIpc) is 3.60. The van der Waals surface area contributed by atoms with E-state index in [1.807, 2.05) is 0 Å². The predicted molar refractivity (Wildman–Crippen MR) is 334 cm³/mol. The van der Waals surface area contributed by atoms with Gasteiger partial charge in [-0.05, 0) is 182 Å². The van der Waals surface area contributed by atoms with Gasteiger partial charge in [0.25, 0.3) is 0 Å². The Labute approximate surface area is 496 Å². The van der Waals surface area contributed by atoms with E-state index in [0.717, 1.165) is 48.3 Å². The molecule has 7 aromatic rings. The van der Waals surface area contributed by atoms with Gasteiger partial charge in [0.2, 0.25) is 0 Å². The second-order valence-electron chi connectivity index (χ2n) is 20.9. The number of hydrogen-bond donors (Lipinski definition) is 0. The van der Waals surface area contributed by atoms with Gasteiger partial charge in [-0.2, -0.15) is 0 Å². The van der Waals surface area contributed by atoms with Crippen molar-refractivity contribution in [2.45, 2.75) is 142 Å². The van der Waals surface area contributed by atoms with Crippen LogP contribution < -0.4 is 28.4 Å². The van der Waals surface area contributed by atoms with Gasteiger partial charge in [-0.25, -0.2) is 19.2 Å². The number of carbonyl (C=O) groups is 4. The lowest BCUT2D eigenvalue weighted by Gasteiger charge is -2.08. The number of esters is 4. The van der Waals surface area contributed by atoms with Gasteiger partial charge < -0.3 is 28.4 Å². The van der Waals surface area contributed by atoms with Crippen molar-refractivity contribution in [1.29, 1.82) is 0 Å². The molecule has 7 rings (SSSR count). The van der Waals surface area contributed by atoms with Gasteiger partial charge in [-0.1, -0.05) is 135 Å². The summed E-state index contributed by atoms with van der Waals surface area (Å²) in [6.07, 6.45) is 28.8. The lowest BCUT2D eigenvalue weighted by molar-refractivity contribution is 0.0718. The minimum absolute atomic E-state index is 0.195. The minimum Gasteiger partial charge on any atom is -0.494 e. The van der Waals surface area contributed by atoms with E-state index in [4.69, 9.17) is 28.4 Å². The van der Waals surface area contributed by atoms with Crippen LogP contribution in [0.3, 0.4) is 0 Å². The maximum atomic E-state index is 13.1. The van der Waals surface area contributed by atoms with Gasteiger partial charge in [-0.15, -0.1) is 0 Å². The Balaban J connectivity index is 0.771. The molecule has 0 spiro atoms. The topological polar surface area (TPSA) is 148 Å². The molecule has 0 N–H and O–H groups in total. The Morgan fingerprint density at radius 2 is 0.583 bits per heavy atom. The molecule has 12 nitrogen and oxygen atoms in total. The zero-order chi connectivity index (χ0) is 58.8. The summed E-state index contributed by atoms with van der Waals surface area (Å²) < 4.78 is 34.2. The Hall–Kier alpha value is -8.64. The maximum Gasteiger partial charge on any atom is 0.343 e. The van der Waals surface area contributed by atoms with Gasteiger partial charge in [0.15, 0.2) is 0 Å². The lowest BCUT2D eigenvalue weighted by atomic mass is 10.1. The van der Waals surface area contributed by atoms with Crippen molar-refractivity contribution in [3.05, 3.63) is 203 Å². The van der Waals surface area contributed by atoms with Gasteiger partial charge in [0.1, 0.15) is 34.5 Å². The Morgan fingerprint density at radius 1 is 0.310 bits per heavy atom. The van der Waals surface area contributed by atoms with E-state index in [9.17, 15) is 19.2 Å². The van der Waals surface area contributed by atoms with Crippen LogP contribution in [0.15, 0.2) is 180 Å². The molecule has 0 radical (unpaired) electrons. The second kappa shape index (κ2) is 36.1. The van der Waals surface area contributed by atoms with Crippen LogP contribution in [0.25, 0.3) is 0 Å². The van der Waals surface area contributed by atoms with Gasteiger partial charge >= 0.3 is 23.9 Å². The average molecular weight is 1130 g/mol. The van der Waals surface area contributed by atoms with Gasteiger partial charge in [0, 0.05) is 18.5 Å². The first-order valence-corrected chi connectivity index (χ1v) is 30.1. The standard InChI is InChI=1S/C72H80N2O10/c1-3-5-7-9-11-13-15-17-19-21-50-79-63-46-34-59(35-47-63)69(75)81-65-42-26-55(27-43-65)53-73-61-38-30-57(31-39-61)71(77)83-67-24-23-25-68(52-67)84-72(78)58-32-40-62(41-33-58)74-54-56-28-44-66(45-29-56)82-70(76)60-36-48-64(49-37-60)80-51-22-20-18-16-14-12-10-8-6-4-2/h23-49,52-54H,3-22,50-51H2,1-2H3. The van der Waals surface area contributed by atoms with E-state index in [1.165, 1.54) is 109 Å². The maximum absolute atomic E-state index is 13.1. The molecule has 0 heterocycles. The van der Waals surface area contributed by atoms with E-state index < -0.39 is 23.9 Å². The van der Waals surface area contributed by atoms with E-state index in [0.29, 0.717) is 58.3 Å². The first kappa shape index (κ1) is 63.0. The smallest absolute Gasteiger partial charge is 0.343 e. The molecule has 438 valence electrons. The van der Waals surface area contributed by atoms with Crippen molar-refractivity contribution in [3.63, 3.8) is 0 Å². The predicted octanol–water partition coefficient (Wildman–Crippen LogP) is 18.7. The van der Waals surface area contributed by atoms with Crippen LogP contribution in [0.5, 0.6) is 34.5 Å². The molecule has 0 atom stereocenters. The molecule has 0 saturated heterocycles. The Kier molecular flexibility index (Phi) is 27.0. The fraction of sp³-hybridized carbons (Fsp3) is 0.333. The molecule has 0 aliphatic carbocycles. The molecule has 0 fully saturated rings. The van der Waals surface area contributed by atoms with Crippen molar-refractivity contribution in [3.8, 4) is 34.5 Å². The number of hydrogen-bond acceptors (Lipinski definition) is 12. The van der Waals surface area contributed by atoms with Crippen LogP contribution in [0.2, 0.25) is 0 Å². The molecule has 84 heavy (non-hydrogen) atoms. The molecule has 7 aromatic carbocycles. The van der Waals surface area contributed by atoms with Gasteiger partial charge in [0.05, 0.1) is 46.8 Å². The van der Waals surface area contributed by atoms with Crippen molar-refractivity contribution in [1.82, 2.24) is 0 Å². The summed E-state index contributed by atoms with van der Waals surface area (Å²) in [4.78, 5) is 60.9.